The molecule has 2 rings (SSSR count). The van der Waals surface area contributed by atoms with E-state index in [9.17, 15) is 0 Å². The van der Waals surface area contributed by atoms with Gasteiger partial charge in [0, 0.05) is 25.4 Å². The van der Waals surface area contributed by atoms with Crippen molar-refractivity contribution in [1.29, 1.82) is 0 Å². The van der Waals surface area contributed by atoms with Crippen molar-refractivity contribution in [3.63, 3.8) is 0 Å². The van der Waals surface area contributed by atoms with Crippen molar-refractivity contribution >= 4 is 0 Å². The predicted octanol–water partition coefficient (Wildman–Crippen LogP) is 1.47. The van der Waals surface area contributed by atoms with Crippen LogP contribution in [0.2, 0.25) is 0 Å². The SMILES string of the molecule is Cc1nn(C)c(C)c1OCc1cccnc1CN. The van der Waals surface area contributed by atoms with Gasteiger partial charge in [-0.2, -0.15) is 5.10 Å². The number of ether oxygens (including phenoxy) is 1. The standard InChI is InChI=1S/C13H18N4O/c1-9-13(10(2)17(3)16-9)18-8-11-5-4-6-15-12(11)7-14/h4-6H,7-8,14H2,1-3H3. The molecule has 2 N–H and O–H groups in total. The van der Waals surface area contributed by atoms with Gasteiger partial charge in [-0.15, -0.1) is 0 Å². The molecule has 0 fully saturated rings. The fraction of sp³-hybridized carbons (Fsp3) is 0.385. The number of nitrogens with two attached hydrogens (primary N) is 1. The summed E-state index contributed by atoms with van der Waals surface area (Å²) in [6.45, 7) is 4.82. The molecule has 0 aliphatic heterocycles. The Labute approximate surface area is 107 Å². The monoisotopic (exact) mass is 246 g/mol. The first-order chi connectivity index (χ1) is 8.63. The maximum absolute atomic E-state index is 5.84. The molecule has 18 heavy (non-hydrogen) atoms. The Hall–Kier alpha value is -1.88. The number of pyridine rings is 1. The van der Waals surface area contributed by atoms with E-state index < -0.39 is 0 Å². The molecule has 2 aromatic heterocycles. The lowest BCUT2D eigenvalue weighted by Crippen LogP contribution is -2.07. The number of hydrogen-bond donors (Lipinski definition) is 1. The third-order valence-corrected chi connectivity index (χ3v) is 2.99. The van der Waals surface area contributed by atoms with Gasteiger partial charge in [-0.25, -0.2) is 0 Å². The number of hydrogen-bond acceptors (Lipinski definition) is 4. The molecule has 0 unspecified atom stereocenters. The van der Waals surface area contributed by atoms with Gasteiger partial charge in [0.25, 0.3) is 0 Å². The summed E-state index contributed by atoms with van der Waals surface area (Å²) in [7, 11) is 1.91. The minimum atomic E-state index is 0.421. The normalized spacial score (nSPS) is 10.7. The molecule has 2 heterocycles. The highest BCUT2D eigenvalue weighted by Gasteiger charge is 2.11. The van der Waals surface area contributed by atoms with Gasteiger partial charge >= 0.3 is 0 Å². The number of rotatable bonds is 4. The zero-order valence-corrected chi connectivity index (χ0v) is 11.0. The molecule has 0 saturated carbocycles. The Balaban J connectivity index is 2.16. The lowest BCUT2D eigenvalue weighted by atomic mass is 10.2. The Morgan fingerprint density at radius 3 is 2.78 bits per heavy atom. The summed E-state index contributed by atoms with van der Waals surface area (Å²) in [5.74, 6) is 0.837. The van der Waals surface area contributed by atoms with Crippen LogP contribution in [0.3, 0.4) is 0 Å². The Morgan fingerprint density at radius 2 is 2.17 bits per heavy atom. The van der Waals surface area contributed by atoms with Crippen LogP contribution in [0.15, 0.2) is 18.3 Å². The van der Waals surface area contributed by atoms with Crippen LogP contribution in [0.25, 0.3) is 0 Å². The van der Waals surface area contributed by atoms with E-state index in [4.69, 9.17) is 10.5 Å². The van der Waals surface area contributed by atoms with Gasteiger partial charge in [0.2, 0.25) is 0 Å². The van der Waals surface area contributed by atoms with Crippen molar-refractivity contribution in [3.8, 4) is 5.75 Å². The van der Waals surface area contributed by atoms with Crippen LogP contribution in [0.5, 0.6) is 5.75 Å². The molecule has 0 aliphatic carbocycles. The van der Waals surface area contributed by atoms with Crippen molar-refractivity contribution in [2.24, 2.45) is 12.8 Å². The van der Waals surface area contributed by atoms with E-state index in [0.29, 0.717) is 13.2 Å². The predicted molar refractivity (Wildman–Crippen MR) is 69.1 cm³/mol. The smallest absolute Gasteiger partial charge is 0.163 e. The molecular formula is C13H18N4O. The van der Waals surface area contributed by atoms with E-state index in [1.807, 2.05) is 37.7 Å². The largest absolute Gasteiger partial charge is 0.485 e. The van der Waals surface area contributed by atoms with Crippen LogP contribution in [-0.2, 0) is 20.2 Å². The van der Waals surface area contributed by atoms with Gasteiger partial charge < -0.3 is 10.5 Å². The number of nitrogens with zero attached hydrogens (tertiary/aromatic N) is 3. The first-order valence-electron chi connectivity index (χ1n) is 5.89. The van der Waals surface area contributed by atoms with Gasteiger partial charge in [0.1, 0.15) is 12.3 Å². The summed E-state index contributed by atoms with van der Waals surface area (Å²) >= 11 is 0. The van der Waals surface area contributed by atoms with Crippen LogP contribution >= 0.6 is 0 Å². The molecule has 5 heteroatoms. The van der Waals surface area contributed by atoms with E-state index in [1.54, 1.807) is 6.20 Å². The van der Waals surface area contributed by atoms with Gasteiger partial charge in [-0.05, 0) is 19.9 Å². The first kappa shape index (κ1) is 12.6. The van der Waals surface area contributed by atoms with Crippen molar-refractivity contribution in [2.75, 3.05) is 0 Å². The molecule has 0 aliphatic rings. The van der Waals surface area contributed by atoms with E-state index >= 15 is 0 Å². The topological polar surface area (TPSA) is 66.0 Å². The zero-order chi connectivity index (χ0) is 13.1. The lowest BCUT2D eigenvalue weighted by molar-refractivity contribution is 0.299. The average Bonchev–Trinajstić information content (AvgIpc) is 2.62. The van der Waals surface area contributed by atoms with E-state index in [-0.39, 0.29) is 0 Å². The second-order valence-corrected chi connectivity index (χ2v) is 4.23. The molecule has 2 aromatic rings. The van der Waals surface area contributed by atoms with E-state index in [2.05, 4.69) is 10.1 Å². The Bertz CT molecular complexity index is 548. The van der Waals surface area contributed by atoms with Crippen LogP contribution < -0.4 is 10.5 Å². The van der Waals surface area contributed by atoms with Crippen LogP contribution in [0.4, 0.5) is 0 Å². The van der Waals surface area contributed by atoms with Crippen molar-refractivity contribution in [2.45, 2.75) is 27.0 Å². The number of aromatic nitrogens is 3. The third kappa shape index (κ3) is 2.36. The molecule has 5 nitrogen and oxygen atoms in total. The van der Waals surface area contributed by atoms with Gasteiger partial charge in [0.15, 0.2) is 5.75 Å². The Kier molecular flexibility index (Phi) is 3.62. The van der Waals surface area contributed by atoms with Gasteiger partial charge in [-0.1, -0.05) is 6.07 Å². The van der Waals surface area contributed by atoms with E-state index in [0.717, 1.165) is 28.4 Å². The minimum Gasteiger partial charge on any atom is -0.485 e. The van der Waals surface area contributed by atoms with Gasteiger partial charge in [-0.3, -0.25) is 9.67 Å². The summed E-state index contributed by atoms with van der Waals surface area (Å²) in [4.78, 5) is 4.23. The van der Waals surface area contributed by atoms with Crippen molar-refractivity contribution in [1.82, 2.24) is 14.8 Å². The number of aryl methyl sites for hydroxylation is 2. The van der Waals surface area contributed by atoms with Gasteiger partial charge in [0.05, 0.1) is 11.4 Å². The van der Waals surface area contributed by atoms with E-state index in [1.165, 1.54) is 0 Å². The molecule has 96 valence electrons. The fourth-order valence-corrected chi connectivity index (χ4v) is 1.90. The molecule has 0 saturated heterocycles. The molecule has 0 bridgehead atoms. The Morgan fingerprint density at radius 1 is 1.39 bits per heavy atom. The third-order valence-electron chi connectivity index (χ3n) is 2.99. The summed E-state index contributed by atoms with van der Waals surface area (Å²) in [5.41, 5.74) is 9.45. The molecular weight excluding hydrogens is 228 g/mol. The minimum absolute atomic E-state index is 0.421. The molecule has 0 amide bonds. The van der Waals surface area contributed by atoms with Crippen LogP contribution in [-0.4, -0.2) is 14.8 Å². The highest BCUT2D eigenvalue weighted by molar-refractivity contribution is 5.32. The molecule has 0 aromatic carbocycles. The summed E-state index contributed by atoms with van der Waals surface area (Å²) in [5, 5.41) is 4.32. The summed E-state index contributed by atoms with van der Waals surface area (Å²) in [6.07, 6.45) is 1.74. The maximum atomic E-state index is 5.84. The fourth-order valence-electron chi connectivity index (χ4n) is 1.90. The van der Waals surface area contributed by atoms with Crippen molar-refractivity contribution in [3.05, 3.63) is 41.0 Å². The average molecular weight is 246 g/mol. The molecule has 0 spiro atoms. The first-order valence-corrected chi connectivity index (χ1v) is 5.89. The lowest BCUT2D eigenvalue weighted by Gasteiger charge is -2.09. The maximum Gasteiger partial charge on any atom is 0.163 e. The second kappa shape index (κ2) is 5.18. The van der Waals surface area contributed by atoms with Crippen LogP contribution in [0.1, 0.15) is 22.6 Å². The van der Waals surface area contributed by atoms with Crippen molar-refractivity contribution < 1.29 is 4.74 Å². The summed E-state index contributed by atoms with van der Waals surface area (Å²) < 4.78 is 7.66. The zero-order valence-electron chi connectivity index (χ0n) is 11.0. The molecule has 0 radical (unpaired) electrons. The second-order valence-electron chi connectivity index (χ2n) is 4.23. The highest BCUT2D eigenvalue weighted by Crippen LogP contribution is 2.22. The summed E-state index contributed by atoms with van der Waals surface area (Å²) in [6, 6.07) is 3.87. The quantitative estimate of drug-likeness (QED) is 0.887. The molecule has 0 atom stereocenters. The van der Waals surface area contributed by atoms with Crippen LogP contribution in [0, 0.1) is 13.8 Å². The highest BCUT2D eigenvalue weighted by atomic mass is 16.5.